The number of carbonyl (C=O) groups excluding carboxylic acids is 1. The lowest BCUT2D eigenvalue weighted by Crippen LogP contribution is -2.46. The lowest BCUT2D eigenvalue weighted by Gasteiger charge is -2.35. The molecule has 1 aromatic heterocycles. The van der Waals surface area contributed by atoms with E-state index >= 15 is 0 Å². The Morgan fingerprint density at radius 3 is 2.56 bits per heavy atom. The molecule has 0 bridgehead atoms. The van der Waals surface area contributed by atoms with Gasteiger partial charge in [-0.1, -0.05) is 17.4 Å². The van der Waals surface area contributed by atoms with E-state index in [4.69, 9.17) is 4.74 Å². The number of halogens is 3. The average Bonchev–Trinajstić information content (AvgIpc) is 3.04. The monoisotopic (exact) mass is 375 g/mol. The quantitative estimate of drug-likeness (QED) is 0.777. The number of fused-ring (bicyclic) bond motifs is 1. The van der Waals surface area contributed by atoms with Crippen LogP contribution in [0.1, 0.15) is 43.6 Å². The van der Waals surface area contributed by atoms with Crippen molar-refractivity contribution in [2.24, 2.45) is 11.8 Å². The summed E-state index contributed by atoms with van der Waals surface area (Å²) in [6, 6.07) is -0.197. The molecule has 1 aromatic rings. The van der Waals surface area contributed by atoms with E-state index in [0.29, 0.717) is 29.7 Å². The maximum Gasteiger partial charge on any atom is 0.445 e. The number of ether oxygens (including phenoxy) is 1. The van der Waals surface area contributed by atoms with Gasteiger partial charge in [0.1, 0.15) is 10.6 Å². The third-order valence-corrected chi connectivity index (χ3v) is 5.15. The first kappa shape index (κ1) is 18.2. The fraction of sp³-hybridized carbons (Fsp3) is 0.688. The van der Waals surface area contributed by atoms with Crippen LogP contribution in [-0.2, 0) is 10.9 Å². The first-order valence-corrected chi connectivity index (χ1v) is 8.93. The van der Waals surface area contributed by atoms with Crippen molar-refractivity contribution >= 4 is 23.5 Å². The smallest absolute Gasteiger partial charge is 0.444 e. The summed E-state index contributed by atoms with van der Waals surface area (Å²) in [6.45, 7) is 6.04. The molecule has 3 unspecified atom stereocenters. The second kappa shape index (κ2) is 6.26. The van der Waals surface area contributed by atoms with Crippen LogP contribution in [0.15, 0.2) is 6.08 Å². The Hall–Kier alpha value is -1.64. The Kier molecular flexibility index (Phi) is 4.55. The number of alkyl halides is 3. The molecule has 3 rings (SSSR count). The molecule has 3 atom stereocenters. The third kappa shape index (κ3) is 4.50. The highest BCUT2D eigenvalue weighted by molar-refractivity contribution is 7.12. The summed E-state index contributed by atoms with van der Waals surface area (Å²) in [5.41, 5.74) is -0.591. The van der Waals surface area contributed by atoms with Crippen molar-refractivity contribution in [1.82, 2.24) is 15.1 Å². The van der Waals surface area contributed by atoms with Crippen molar-refractivity contribution in [3.05, 3.63) is 16.1 Å². The van der Waals surface area contributed by atoms with Crippen LogP contribution in [0, 0.1) is 11.8 Å². The maximum atomic E-state index is 12.6. The van der Waals surface area contributed by atoms with Crippen LogP contribution in [0.3, 0.4) is 0 Å². The van der Waals surface area contributed by atoms with E-state index in [9.17, 15) is 18.0 Å². The van der Waals surface area contributed by atoms with Crippen molar-refractivity contribution < 1.29 is 22.7 Å². The maximum absolute atomic E-state index is 12.6. The molecular weight excluding hydrogens is 355 g/mol. The van der Waals surface area contributed by atoms with Crippen molar-refractivity contribution in [2.45, 2.75) is 51.4 Å². The number of aromatic nitrogens is 2. The molecule has 1 amide bonds. The van der Waals surface area contributed by atoms with Gasteiger partial charge in [-0.25, -0.2) is 4.79 Å². The van der Waals surface area contributed by atoms with Crippen molar-refractivity contribution in [1.29, 1.82) is 0 Å². The highest BCUT2D eigenvalue weighted by Crippen LogP contribution is 2.47. The SMILES string of the molecule is CC(C)(C)OC(=O)N1CC2CC2CC1C=Cc1nnc(C(F)(F)F)s1. The lowest BCUT2D eigenvalue weighted by molar-refractivity contribution is -0.138. The molecule has 0 N–H and O–H groups in total. The zero-order chi connectivity index (χ0) is 18.4. The van der Waals surface area contributed by atoms with Gasteiger partial charge in [-0.2, -0.15) is 13.2 Å². The highest BCUT2D eigenvalue weighted by atomic mass is 32.1. The first-order valence-electron chi connectivity index (χ1n) is 8.11. The van der Waals surface area contributed by atoms with Crippen LogP contribution in [0.5, 0.6) is 0 Å². The topological polar surface area (TPSA) is 55.3 Å². The fourth-order valence-electron chi connectivity index (χ4n) is 2.97. The molecular formula is C16H20F3N3O2S. The molecule has 1 aliphatic carbocycles. The van der Waals surface area contributed by atoms with Crippen molar-refractivity contribution in [3.63, 3.8) is 0 Å². The molecule has 1 saturated carbocycles. The van der Waals surface area contributed by atoms with Crippen LogP contribution in [0.25, 0.3) is 6.08 Å². The average molecular weight is 375 g/mol. The second-order valence-electron chi connectivity index (χ2n) is 7.49. The molecule has 1 saturated heterocycles. The van der Waals surface area contributed by atoms with Crippen LogP contribution < -0.4 is 0 Å². The van der Waals surface area contributed by atoms with Gasteiger partial charge < -0.3 is 9.64 Å². The minimum absolute atomic E-state index is 0.175. The van der Waals surface area contributed by atoms with Gasteiger partial charge in [-0.05, 0) is 51.5 Å². The summed E-state index contributed by atoms with van der Waals surface area (Å²) in [7, 11) is 0. The number of likely N-dealkylation sites (tertiary alicyclic amines) is 1. The Bertz CT molecular complexity index is 681. The van der Waals surface area contributed by atoms with E-state index in [1.54, 1.807) is 31.7 Å². The number of amides is 1. The Morgan fingerprint density at radius 2 is 1.96 bits per heavy atom. The zero-order valence-electron chi connectivity index (χ0n) is 14.2. The Labute approximate surface area is 147 Å². The molecule has 0 radical (unpaired) electrons. The number of hydrogen-bond acceptors (Lipinski definition) is 5. The zero-order valence-corrected chi connectivity index (χ0v) is 15.0. The number of carbonyl (C=O) groups is 1. The van der Waals surface area contributed by atoms with E-state index in [-0.39, 0.29) is 17.1 Å². The molecule has 138 valence electrons. The summed E-state index contributed by atoms with van der Waals surface area (Å²) in [5, 5.41) is 5.92. The van der Waals surface area contributed by atoms with Crippen LogP contribution in [0.2, 0.25) is 0 Å². The summed E-state index contributed by atoms with van der Waals surface area (Å²) in [5.74, 6) is 1.09. The highest BCUT2D eigenvalue weighted by Gasteiger charge is 2.47. The molecule has 0 spiro atoms. The van der Waals surface area contributed by atoms with Crippen LogP contribution in [-0.4, -0.2) is 39.4 Å². The first-order chi connectivity index (χ1) is 11.5. The summed E-state index contributed by atoms with van der Waals surface area (Å²) in [6.07, 6.45) is 0.252. The number of piperidine rings is 1. The van der Waals surface area contributed by atoms with E-state index in [1.807, 2.05) is 0 Å². The van der Waals surface area contributed by atoms with Gasteiger partial charge in [-0.15, -0.1) is 10.2 Å². The summed E-state index contributed by atoms with van der Waals surface area (Å²) < 4.78 is 43.2. The molecule has 2 fully saturated rings. The number of hydrogen-bond donors (Lipinski definition) is 0. The predicted molar refractivity (Wildman–Crippen MR) is 86.9 cm³/mol. The van der Waals surface area contributed by atoms with Gasteiger partial charge in [0.05, 0.1) is 6.04 Å². The van der Waals surface area contributed by atoms with E-state index < -0.39 is 16.8 Å². The number of rotatable bonds is 2. The van der Waals surface area contributed by atoms with Gasteiger partial charge in [0.15, 0.2) is 0 Å². The van der Waals surface area contributed by atoms with E-state index in [2.05, 4.69) is 10.2 Å². The third-order valence-electron chi connectivity index (χ3n) is 4.22. The van der Waals surface area contributed by atoms with Crippen LogP contribution >= 0.6 is 11.3 Å². The lowest BCUT2D eigenvalue weighted by atomic mass is 10.0. The largest absolute Gasteiger partial charge is 0.445 e. The van der Waals surface area contributed by atoms with E-state index in [1.165, 1.54) is 6.08 Å². The Morgan fingerprint density at radius 1 is 1.24 bits per heavy atom. The summed E-state index contributed by atoms with van der Waals surface area (Å²) >= 11 is 0.491. The summed E-state index contributed by atoms with van der Waals surface area (Å²) in [4.78, 5) is 14.1. The van der Waals surface area contributed by atoms with Gasteiger partial charge in [0.2, 0.25) is 5.01 Å². The van der Waals surface area contributed by atoms with E-state index in [0.717, 1.165) is 12.8 Å². The fourth-order valence-corrected chi connectivity index (χ4v) is 3.59. The molecule has 25 heavy (non-hydrogen) atoms. The molecule has 0 aromatic carbocycles. The molecule has 2 heterocycles. The minimum atomic E-state index is -4.49. The van der Waals surface area contributed by atoms with Gasteiger partial charge in [0.25, 0.3) is 0 Å². The predicted octanol–water partition coefficient (Wildman–Crippen LogP) is 4.22. The van der Waals surface area contributed by atoms with Crippen molar-refractivity contribution in [2.75, 3.05) is 6.54 Å². The molecule has 9 heteroatoms. The minimum Gasteiger partial charge on any atom is -0.444 e. The van der Waals surface area contributed by atoms with Gasteiger partial charge in [0, 0.05) is 6.54 Å². The molecule has 1 aliphatic heterocycles. The van der Waals surface area contributed by atoms with Crippen molar-refractivity contribution in [3.8, 4) is 0 Å². The molecule has 5 nitrogen and oxygen atoms in total. The normalized spacial score (nSPS) is 26.6. The number of nitrogens with zero attached hydrogens (tertiary/aromatic N) is 3. The van der Waals surface area contributed by atoms with Crippen LogP contribution in [0.4, 0.5) is 18.0 Å². The second-order valence-corrected chi connectivity index (χ2v) is 8.50. The van der Waals surface area contributed by atoms with Gasteiger partial charge in [-0.3, -0.25) is 0 Å². The standard InChI is InChI=1S/C16H20F3N3O2S/c1-15(2,3)24-14(23)22-8-10-6-9(10)7-11(22)4-5-12-20-21-13(25-12)16(17,18)19/h4-5,9-11H,6-8H2,1-3H3. The molecule has 2 aliphatic rings. The Balaban J connectivity index is 1.72. The van der Waals surface area contributed by atoms with Gasteiger partial charge >= 0.3 is 12.3 Å².